The van der Waals surface area contributed by atoms with E-state index in [1.54, 1.807) is 12.4 Å². The number of nitrogens with two attached hydrogens (primary N) is 1. The van der Waals surface area contributed by atoms with E-state index in [1.165, 1.54) is 0 Å². The number of nitrogens with zero attached hydrogens (tertiary/aromatic N) is 1. The van der Waals surface area contributed by atoms with Gasteiger partial charge < -0.3 is 10.5 Å². The number of hydrogen-bond acceptors (Lipinski definition) is 3. The topological polar surface area (TPSA) is 48.1 Å². The van der Waals surface area contributed by atoms with Crippen molar-refractivity contribution in [2.24, 2.45) is 5.92 Å². The Morgan fingerprint density at radius 3 is 2.50 bits per heavy atom. The van der Waals surface area contributed by atoms with E-state index in [-0.39, 0.29) is 6.10 Å². The molecule has 78 valence electrons. The van der Waals surface area contributed by atoms with Crippen LogP contribution < -0.4 is 10.5 Å². The molecule has 0 aliphatic carbocycles. The first-order valence-electron chi connectivity index (χ1n) is 4.58. The average molecular weight is 259 g/mol. The van der Waals surface area contributed by atoms with Gasteiger partial charge in [-0.1, -0.05) is 13.8 Å². The summed E-state index contributed by atoms with van der Waals surface area (Å²) in [7, 11) is 0. The molecule has 0 amide bonds. The van der Waals surface area contributed by atoms with E-state index in [1.807, 2.05) is 6.92 Å². The monoisotopic (exact) mass is 258 g/mol. The van der Waals surface area contributed by atoms with Crippen molar-refractivity contribution in [3.63, 3.8) is 0 Å². The molecule has 0 saturated heterocycles. The summed E-state index contributed by atoms with van der Waals surface area (Å²) in [5.74, 6) is 1.13. The fourth-order valence-electron chi connectivity index (χ4n) is 0.884. The summed E-state index contributed by atoms with van der Waals surface area (Å²) in [6.07, 6.45) is 3.40. The van der Waals surface area contributed by atoms with Gasteiger partial charge in [0.1, 0.15) is 0 Å². The van der Waals surface area contributed by atoms with Gasteiger partial charge in [-0.15, -0.1) is 0 Å². The third kappa shape index (κ3) is 2.61. The Labute approximate surface area is 92.8 Å². The molecule has 0 fully saturated rings. The lowest BCUT2D eigenvalue weighted by Crippen LogP contribution is -2.19. The van der Waals surface area contributed by atoms with E-state index < -0.39 is 0 Å². The Bertz CT molecular complexity index is 295. The van der Waals surface area contributed by atoms with E-state index in [9.17, 15) is 0 Å². The number of nitrogen functional groups attached to an aromatic ring is 1. The summed E-state index contributed by atoms with van der Waals surface area (Å²) in [6, 6.07) is 0. The SMILES string of the molecule is CC(C)C(C)Oc1c(N)cncc1Br. The smallest absolute Gasteiger partial charge is 0.159 e. The van der Waals surface area contributed by atoms with Gasteiger partial charge in [0.2, 0.25) is 0 Å². The minimum Gasteiger partial charge on any atom is -0.487 e. The lowest BCUT2D eigenvalue weighted by molar-refractivity contribution is 0.170. The second kappa shape index (κ2) is 4.64. The van der Waals surface area contributed by atoms with Gasteiger partial charge in [-0.25, -0.2) is 0 Å². The number of hydrogen-bond donors (Lipinski definition) is 1. The molecule has 4 heteroatoms. The van der Waals surface area contributed by atoms with Crippen molar-refractivity contribution < 1.29 is 4.74 Å². The molecule has 3 nitrogen and oxygen atoms in total. The largest absolute Gasteiger partial charge is 0.487 e. The van der Waals surface area contributed by atoms with Crippen molar-refractivity contribution in [3.05, 3.63) is 16.9 Å². The van der Waals surface area contributed by atoms with Crippen LogP contribution in [0, 0.1) is 5.92 Å². The highest BCUT2D eigenvalue weighted by Crippen LogP contribution is 2.31. The highest BCUT2D eigenvalue weighted by molar-refractivity contribution is 9.10. The van der Waals surface area contributed by atoms with Gasteiger partial charge in [0.05, 0.1) is 22.5 Å². The quantitative estimate of drug-likeness (QED) is 0.907. The molecule has 1 rings (SSSR count). The molecule has 0 bridgehead atoms. The second-order valence-corrected chi connectivity index (χ2v) is 4.46. The van der Waals surface area contributed by atoms with Gasteiger partial charge in [-0.3, -0.25) is 4.98 Å². The number of anilines is 1. The maximum absolute atomic E-state index is 5.75. The number of ether oxygens (including phenoxy) is 1. The van der Waals surface area contributed by atoms with Crippen LogP contribution in [0.5, 0.6) is 5.75 Å². The Morgan fingerprint density at radius 2 is 2.00 bits per heavy atom. The Hall–Kier alpha value is -0.770. The maximum Gasteiger partial charge on any atom is 0.159 e. The molecular weight excluding hydrogens is 244 g/mol. The molecule has 2 N–H and O–H groups in total. The summed E-state index contributed by atoms with van der Waals surface area (Å²) < 4.78 is 6.52. The van der Waals surface area contributed by atoms with Crippen LogP contribution >= 0.6 is 15.9 Å². The first-order valence-corrected chi connectivity index (χ1v) is 5.37. The molecule has 1 unspecified atom stereocenters. The highest BCUT2D eigenvalue weighted by Gasteiger charge is 2.13. The third-order valence-corrected chi connectivity index (χ3v) is 2.69. The van der Waals surface area contributed by atoms with Gasteiger partial charge in [0.25, 0.3) is 0 Å². The zero-order valence-electron chi connectivity index (χ0n) is 8.62. The van der Waals surface area contributed by atoms with Crippen LogP contribution in [0.2, 0.25) is 0 Å². The number of halogens is 1. The van der Waals surface area contributed by atoms with Crippen molar-refractivity contribution >= 4 is 21.6 Å². The van der Waals surface area contributed by atoms with Crippen molar-refractivity contribution in [1.29, 1.82) is 0 Å². The first-order chi connectivity index (χ1) is 6.52. The normalized spacial score (nSPS) is 12.9. The fourth-order valence-corrected chi connectivity index (χ4v) is 1.33. The van der Waals surface area contributed by atoms with E-state index in [4.69, 9.17) is 10.5 Å². The molecule has 1 aromatic heterocycles. The van der Waals surface area contributed by atoms with E-state index in [2.05, 4.69) is 34.8 Å². The van der Waals surface area contributed by atoms with Gasteiger partial charge in [-0.2, -0.15) is 0 Å². The maximum atomic E-state index is 5.75. The van der Waals surface area contributed by atoms with E-state index >= 15 is 0 Å². The van der Waals surface area contributed by atoms with Gasteiger partial charge in [-0.05, 0) is 28.8 Å². The minimum atomic E-state index is 0.135. The van der Waals surface area contributed by atoms with Crippen molar-refractivity contribution in [1.82, 2.24) is 4.98 Å². The van der Waals surface area contributed by atoms with Crippen LogP contribution in [0.4, 0.5) is 5.69 Å². The summed E-state index contributed by atoms with van der Waals surface area (Å²) in [4.78, 5) is 3.94. The van der Waals surface area contributed by atoms with Crippen LogP contribution in [0.3, 0.4) is 0 Å². The zero-order valence-corrected chi connectivity index (χ0v) is 10.2. The molecule has 0 aliphatic heterocycles. The molecule has 1 aromatic rings. The summed E-state index contributed by atoms with van der Waals surface area (Å²) >= 11 is 3.36. The number of aromatic nitrogens is 1. The van der Waals surface area contributed by atoms with Crippen molar-refractivity contribution in [3.8, 4) is 5.75 Å². The standard InChI is InChI=1S/C10H15BrN2O/c1-6(2)7(3)14-10-8(11)4-13-5-9(10)12/h4-7H,12H2,1-3H3. The summed E-state index contributed by atoms with van der Waals surface area (Å²) in [5.41, 5.74) is 6.31. The summed E-state index contributed by atoms with van der Waals surface area (Å²) in [5, 5.41) is 0. The Kier molecular flexibility index (Phi) is 3.75. The molecule has 0 aliphatic rings. The lowest BCUT2D eigenvalue weighted by Gasteiger charge is -2.19. The van der Waals surface area contributed by atoms with Crippen LogP contribution in [-0.2, 0) is 0 Å². The second-order valence-electron chi connectivity index (χ2n) is 3.61. The molecule has 0 aromatic carbocycles. The van der Waals surface area contributed by atoms with Gasteiger partial charge in [0.15, 0.2) is 5.75 Å². The zero-order chi connectivity index (χ0) is 10.7. The molecule has 1 heterocycles. The molecule has 14 heavy (non-hydrogen) atoms. The minimum absolute atomic E-state index is 0.135. The number of rotatable bonds is 3. The first kappa shape index (κ1) is 11.3. The van der Waals surface area contributed by atoms with E-state index in [0.29, 0.717) is 17.4 Å². The predicted molar refractivity (Wildman–Crippen MR) is 61.3 cm³/mol. The molecular formula is C10H15BrN2O. The predicted octanol–water partition coefficient (Wildman–Crippen LogP) is 2.85. The lowest BCUT2D eigenvalue weighted by atomic mass is 10.1. The highest BCUT2D eigenvalue weighted by atomic mass is 79.9. The van der Waals surface area contributed by atoms with Crippen molar-refractivity contribution in [2.45, 2.75) is 26.9 Å². The fraction of sp³-hybridized carbons (Fsp3) is 0.500. The molecule has 1 atom stereocenters. The molecule has 0 radical (unpaired) electrons. The average Bonchev–Trinajstić information content (AvgIpc) is 2.11. The van der Waals surface area contributed by atoms with Crippen molar-refractivity contribution in [2.75, 3.05) is 5.73 Å². The molecule has 0 spiro atoms. The van der Waals surface area contributed by atoms with Gasteiger partial charge >= 0.3 is 0 Å². The van der Waals surface area contributed by atoms with Crippen LogP contribution in [0.25, 0.3) is 0 Å². The Balaban J connectivity index is 2.85. The van der Waals surface area contributed by atoms with Crippen LogP contribution in [0.15, 0.2) is 16.9 Å². The van der Waals surface area contributed by atoms with Crippen LogP contribution in [0.1, 0.15) is 20.8 Å². The molecule has 0 saturated carbocycles. The van der Waals surface area contributed by atoms with Crippen LogP contribution in [-0.4, -0.2) is 11.1 Å². The van der Waals surface area contributed by atoms with E-state index in [0.717, 1.165) is 4.47 Å². The summed E-state index contributed by atoms with van der Waals surface area (Å²) in [6.45, 7) is 6.24. The third-order valence-electron chi connectivity index (χ3n) is 2.12. The van der Waals surface area contributed by atoms with Gasteiger partial charge in [0, 0.05) is 6.20 Å². The Morgan fingerprint density at radius 1 is 1.36 bits per heavy atom. The number of pyridine rings is 1.